The zero-order valence-corrected chi connectivity index (χ0v) is 13.4. The molecule has 2 rings (SSSR count). The Labute approximate surface area is 129 Å². The number of nitrogens with zero attached hydrogens (tertiary/aromatic N) is 1. The van der Waals surface area contributed by atoms with Crippen molar-refractivity contribution in [2.24, 2.45) is 0 Å². The van der Waals surface area contributed by atoms with E-state index in [9.17, 15) is 0 Å². The van der Waals surface area contributed by atoms with Gasteiger partial charge in [0.2, 0.25) is 0 Å². The summed E-state index contributed by atoms with van der Waals surface area (Å²) in [7, 11) is 1.70. The van der Waals surface area contributed by atoms with Gasteiger partial charge in [-0.15, -0.1) is 11.3 Å². The van der Waals surface area contributed by atoms with Crippen LogP contribution in [0.2, 0.25) is 5.02 Å². The van der Waals surface area contributed by atoms with Crippen molar-refractivity contribution in [3.63, 3.8) is 0 Å². The summed E-state index contributed by atoms with van der Waals surface area (Å²) in [6, 6.07) is 7.80. The number of hydrogen-bond acceptors (Lipinski definition) is 4. The molecular weight excluding hydrogens is 292 g/mol. The van der Waals surface area contributed by atoms with E-state index in [-0.39, 0.29) is 0 Å². The van der Waals surface area contributed by atoms with E-state index >= 15 is 0 Å². The summed E-state index contributed by atoms with van der Waals surface area (Å²) in [5, 5.41) is 5.14. The van der Waals surface area contributed by atoms with Gasteiger partial charge in [0, 0.05) is 29.1 Å². The van der Waals surface area contributed by atoms with Gasteiger partial charge in [0.1, 0.15) is 5.01 Å². The normalized spacial score (nSPS) is 10.9. The van der Waals surface area contributed by atoms with E-state index in [1.807, 2.05) is 24.3 Å². The molecule has 1 aromatic carbocycles. The number of nitrogens with one attached hydrogen (secondary N) is 1. The van der Waals surface area contributed by atoms with E-state index in [0.29, 0.717) is 6.61 Å². The standard InChI is InChI=1S/C15H19ClN2OS/c1-3-7-17-9-14-13(10-19-2)18-15(20-14)11-5-4-6-12(16)8-11/h4-6,8,17H,3,7,9-10H2,1-2H3. The lowest BCUT2D eigenvalue weighted by molar-refractivity contribution is 0.181. The van der Waals surface area contributed by atoms with E-state index in [4.69, 9.17) is 16.3 Å². The van der Waals surface area contributed by atoms with Crippen LogP contribution < -0.4 is 5.32 Å². The zero-order chi connectivity index (χ0) is 14.4. The molecule has 2 aromatic rings. The van der Waals surface area contributed by atoms with Gasteiger partial charge in [-0.3, -0.25) is 0 Å². The Morgan fingerprint density at radius 2 is 2.25 bits per heavy atom. The first-order valence-electron chi connectivity index (χ1n) is 6.68. The van der Waals surface area contributed by atoms with Crippen molar-refractivity contribution < 1.29 is 4.74 Å². The molecule has 1 aromatic heterocycles. The van der Waals surface area contributed by atoms with Crippen molar-refractivity contribution in [1.82, 2.24) is 10.3 Å². The van der Waals surface area contributed by atoms with Gasteiger partial charge >= 0.3 is 0 Å². The van der Waals surface area contributed by atoms with Crippen LogP contribution >= 0.6 is 22.9 Å². The highest BCUT2D eigenvalue weighted by atomic mass is 35.5. The smallest absolute Gasteiger partial charge is 0.124 e. The molecule has 0 fully saturated rings. The summed E-state index contributed by atoms with van der Waals surface area (Å²) in [6.07, 6.45) is 1.12. The van der Waals surface area contributed by atoms with Crippen LogP contribution in [0.1, 0.15) is 23.9 Å². The SMILES string of the molecule is CCCNCc1sc(-c2cccc(Cl)c2)nc1COC. The molecule has 0 saturated carbocycles. The molecule has 5 heteroatoms. The Kier molecular flexibility index (Phi) is 5.98. The molecule has 0 unspecified atom stereocenters. The van der Waals surface area contributed by atoms with Crippen LogP contribution in [0.4, 0.5) is 0 Å². The van der Waals surface area contributed by atoms with Crippen LogP contribution in [0.25, 0.3) is 10.6 Å². The van der Waals surface area contributed by atoms with Gasteiger partial charge < -0.3 is 10.1 Å². The highest BCUT2D eigenvalue weighted by molar-refractivity contribution is 7.15. The highest BCUT2D eigenvalue weighted by Crippen LogP contribution is 2.30. The van der Waals surface area contributed by atoms with Gasteiger partial charge in [-0.05, 0) is 25.1 Å². The second-order valence-corrected chi connectivity index (χ2v) is 6.03. The fourth-order valence-corrected chi connectivity index (χ4v) is 3.12. The predicted octanol–water partition coefficient (Wildman–Crippen LogP) is 4.11. The first kappa shape index (κ1) is 15.4. The van der Waals surface area contributed by atoms with Gasteiger partial charge in [-0.2, -0.15) is 0 Å². The molecule has 0 amide bonds. The molecule has 20 heavy (non-hydrogen) atoms. The van der Waals surface area contributed by atoms with Crippen LogP contribution in [0.3, 0.4) is 0 Å². The second-order valence-electron chi connectivity index (χ2n) is 4.51. The second kappa shape index (κ2) is 7.74. The van der Waals surface area contributed by atoms with E-state index in [1.54, 1.807) is 18.4 Å². The molecule has 108 valence electrons. The quantitative estimate of drug-likeness (QED) is 0.781. The van der Waals surface area contributed by atoms with E-state index in [0.717, 1.165) is 40.8 Å². The third kappa shape index (κ3) is 4.03. The van der Waals surface area contributed by atoms with Crippen LogP contribution in [0, 0.1) is 0 Å². The summed E-state index contributed by atoms with van der Waals surface area (Å²) in [6.45, 7) is 4.55. The lowest BCUT2D eigenvalue weighted by Gasteiger charge is -2.02. The molecule has 0 aliphatic carbocycles. The topological polar surface area (TPSA) is 34.2 Å². The largest absolute Gasteiger partial charge is 0.378 e. The fraction of sp³-hybridized carbons (Fsp3) is 0.400. The minimum absolute atomic E-state index is 0.542. The molecule has 0 aliphatic heterocycles. The Morgan fingerprint density at radius 3 is 2.95 bits per heavy atom. The molecule has 0 saturated heterocycles. The summed E-state index contributed by atoms with van der Waals surface area (Å²) in [5.74, 6) is 0. The number of aromatic nitrogens is 1. The highest BCUT2D eigenvalue weighted by Gasteiger charge is 2.12. The maximum Gasteiger partial charge on any atom is 0.124 e. The first-order valence-corrected chi connectivity index (χ1v) is 7.88. The lowest BCUT2D eigenvalue weighted by Crippen LogP contribution is -2.14. The molecular formula is C15H19ClN2OS. The average Bonchev–Trinajstić information content (AvgIpc) is 2.83. The van der Waals surface area contributed by atoms with Gasteiger partial charge in [0.15, 0.2) is 0 Å². The summed E-state index contributed by atoms with van der Waals surface area (Å²) in [5.41, 5.74) is 2.07. The lowest BCUT2D eigenvalue weighted by atomic mass is 10.2. The number of benzene rings is 1. The Hall–Kier alpha value is -0.940. The zero-order valence-electron chi connectivity index (χ0n) is 11.8. The van der Waals surface area contributed by atoms with Crippen molar-refractivity contribution in [3.05, 3.63) is 39.9 Å². The van der Waals surface area contributed by atoms with E-state index < -0.39 is 0 Å². The maximum atomic E-state index is 6.04. The molecule has 0 bridgehead atoms. The molecule has 1 heterocycles. The minimum Gasteiger partial charge on any atom is -0.378 e. The van der Waals surface area contributed by atoms with Gasteiger partial charge in [-0.1, -0.05) is 30.7 Å². The fourth-order valence-electron chi connectivity index (χ4n) is 1.89. The number of halogens is 1. The number of ether oxygens (including phenoxy) is 1. The maximum absolute atomic E-state index is 6.04. The first-order chi connectivity index (χ1) is 9.74. The summed E-state index contributed by atoms with van der Waals surface area (Å²) >= 11 is 7.74. The molecule has 0 aliphatic rings. The number of hydrogen-bond donors (Lipinski definition) is 1. The monoisotopic (exact) mass is 310 g/mol. The number of methoxy groups -OCH3 is 1. The van der Waals surface area contributed by atoms with Crippen LogP contribution in [0.15, 0.2) is 24.3 Å². The van der Waals surface area contributed by atoms with Gasteiger partial charge in [0.05, 0.1) is 12.3 Å². The molecule has 3 nitrogen and oxygen atoms in total. The van der Waals surface area contributed by atoms with Crippen molar-refractivity contribution in [3.8, 4) is 10.6 Å². The Bertz CT molecular complexity index is 557. The van der Waals surface area contributed by atoms with Gasteiger partial charge in [-0.25, -0.2) is 4.98 Å². The van der Waals surface area contributed by atoms with Gasteiger partial charge in [0.25, 0.3) is 0 Å². The molecule has 1 N–H and O–H groups in total. The molecule has 0 spiro atoms. The number of rotatable bonds is 7. The van der Waals surface area contributed by atoms with Crippen LogP contribution in [-0.2, 0) is 17.9 Å². The molecule has 0 atom stereocenters. The third-order valence-electron chi connectivity index (χ3n) is 2.84. The number of thiazole rings is 1. The van der Waals surface area contributed by atoms with Crippen molar-refractivity contribution >= 4 is 22.9 Å². The Morgan fingerprint density at radius 1 is 1.40 bits per heavy atom. The van der Waals surface area contributed by atoms with Crippen LogP contribution in [-0.4, -0.2) is 18.6 Å². The predicted molar refractivity (Wildman–Crippen MR) is 85.3 cm³/mol. The average molecular weight is 311 g/mol. The van der Waals surface area contributed by atoms with Crippen molar-refractivity contribution in [2.45, 2.75) is 26.5 Å². The van der Waals surface area contributed by atoms with Crippen LogP contribution in [0.5, 0.6) is 0 Å². The van der Waals surface area contributed by atoms with E-state index in [2.05, 4.69) is 17.2 Å². The third-order valence-corrected chi connectivity index (χ3v) is 4.23. The summed E-state index contributed by atoms with van der Waals surface area (Å²) in [4.78, 5) is 5.92. The van der Waals surface area contributed by atoms with Crippen molar-refractivity contribution in [1.29, 1.82) is 0 Å². The Balaban J connectivity index is 2.23. The molecule has 0 radical (unpaired) electrons. The van der Waals surface area contributed by atoms with E-state index in [1.165, 1.54) is 4.88 Å². The minimum atomic E-state index is 0.542. The van der Waals surface area contributed by atoms with Crippen molar-refractivity contribution in [2.75, 3.05) is 13.7 Å². The summed E-state index contributed by atoms with van der Waals surface area (Å²) < 4.78 is 5.24.